The molecule has 0 N–H and O–H groups in total. The Labute approximate surface area is 84.7 Å². The van der Waals surface area contributed by atoms with E-state index in [4.69, 9.17) is 0 Å². The molecule has 0 unspecified atom stereocenters. The summed E-state index contributed by atoms with van der Waals surface area (Å²) in [7, 11) is 1.59. The summed E-state index contributed by atoms with van der Waals surface area (Å²) in [6.45, 7) is 0. The van der Waals surface area contributed by atoms with Gasteiger partial charge in [0, 0.05) is 19.2 Å². The van der Waals surface area contributed by atoms with Crippen LogP contribution in [-0.4, -0.2) is 9.49 Å². The molecule has 5 heteroatoms. The number of aryl methyl sites for hydroxylation is 1. The van der Waals surface area contributed by atoms with Crippen molar-refractivity contribution in [3.8, 4) is 0 Å². The predicted molar refractivity (Wildman–Crippen MR) is 55.8 cm³/mol. The summed E-state index contributed by atoms with van der Waals surface area (Å²) >= 11 is 0. The minimum absolute atomic E-state index is 0.0168. The second kappa shape index (κ2) is 3.20. The second-order valence-corrected chi connectivity index (χ2v) is 3.20. The number of nitro benzene ring substituents is 1. The first kappa shape index (κ1) is 9.39. The largest absolute Gasteiger partial charge is 0.311 e. The van der Waals surface area contributed by atoms with E-state index in [2.05, 4.69) is 0 Å². The molecule has 15 heavy (non-hydrogen) atoms. The summed E-state index contributed by atoms with van der Waals surface area (Å²) in [6.07, 6.45) is 0. The maximum absolute atomic E-state index is 11.3. The van der Waals surface area contributed by atoms with Crippen LogP contribution in [0.1, 0.15) is 0 Å². The Bertz CT molecular complexity index is 601. The molecular formula is C10H8N2O3. The van der Waals surface area contributed by atoms with Gasteiger partial charge < -0.3 is 4.57 Å². The van der Waals surface area contributed by atoms with E-state index in [0.29, 0.717) is 10.9 Å². The summed E-state index contributed by atoms with van der Waals surface area (Å²) in [5.74, 6) is 0. The Hall–Kier alpha value is -2.17. The number of hydrogen-bond donors (Lipinski definition) is 0. The SMILES string of the molecule is Cn1c(=O)ccc2c([N+](=O)[O-])cccc21. The fourth-order valence-electron chi connectivity index (χ4n) is 1.55. The summed E-state index contributed by atoms with van der Waals surface area (Å²) in [5, 5.41) is 11.2. The molecule has 0 fully saturated rings. The number of rotatable bonds is 1. The van der Waals surface area contributed by atoms with Crippen molar-refractivity contribution < 1.29 is 4.92 Å². The van der Waals surface area contributed by atoms with E-state index < -0.39 is 4.92 Å². The maximum atomic E-state index is 11.3. The molecular weight excluding hydrogens is 196 g/mol. The van der Waals surface area contributed by atoms with Crippen LogP contribution in [-0.2, 0) is 7.05 Å². The summed E-state index contributed by atoms with van der Waals surface area (Å²) in [4.78, 5) is 21.6. The minimum atomic E-state index is -0.452. The third-order valence-corrected chi connectivity index (χ3v) is 2.34. The van der Waals surface area contributed by atoms with Crippen molar-refractivity contribution in [2.24, 2.45) is 7.05 Å². The second-order valence-electron chi connectivity index (χ2n) is 3.20. The molecule has 0 saturated carbocycles. The highest BCUT2D eigenvalue weighted by molar-refractivity contribution is 5.87. The van der Waals surface area contributed by atoms with Gasteiger partial charge in [0.15, 0.2) is 0 Å². The Morgan fingerprint density at radius 3 is 2.67 bits per heavy atom. The van der Waals surface area contributed by atoms with Gasteiger partial charge in [-0.15, -0.1) is 0 Å². The van der Waals surface area contributed by atoms with Crippen LogP contribution in [0.2, 0.25) is 0 Å². The van der Waals surface area contributed by atoms with Crippen molar-refractivity contribution in [2.45, 2.75) is 0 Å². The van der Waals surface area contributed by atoms with E-state index >= 15 is 0 Å². The quantitative estimate of drug-likeness (QED) is 0.521. The highest BCUT2D eigenvalue weighted by Crippen LogP contribution is 2.23. The molecule has 0 amide bonds. The molecule has 0 bridgehead atoms. The van der Waals surface area contributed by atoms with Crippen LogP contribution in [0.15, 0.2) is 35.1 Å². The van der Waals surface area contributed by atoms with Gasteiger partial charge in [0.05, 0.1) is 15.8 Å². The number of aromatic nitrogens is 1. The van der Waals surface area contributed by atoms with Crippen LogP contribution in [0.5, 0.6) is 0 Å². The predicted octanol–water partition coefficient (Wildman–Crippen LogP) is 1.45. The molecule has 2 rings (SSSR count). The van der Waals surface area contributed by atoms with Crippen molar-refractivity contribution in [2.75, 3.05) is 0 Å². The molecule has 5 nitrogen and oxygen atoms in total. The van der Waals surface area contributed by atoms with E-state index in [9.17, 15) is 14.9 Å². The third kappa shape index (κ3) is 1.38. The summed E-state index contributed by atoms with van der Waals surface area (Å²) < 4.78 is 1.39. The van der Waals surface area contributed by atoms with Crippen molar-refractivity contribution in [1.82, 2.24) is 4.57 Å². The third-order valence-electron chi connectivity index (χ3n) is 2.34. The van der Waals surface area contributed by atoms with Crippen molar-refractivity contribution in [3.63, 3.8) is 0 Å². The van der Waals surface area contributed by atoms with Crippen LogP contribution in [0.25, 0.3) is 10.9 Å². The number of hydrogen-bond acceptors (Lipinski definition) is 3. The zero-order valence-electron chi connectivity index (χ0n) is 8.01. The van der Waals surface area contributed by atoms with Crippen molar-refractivity contribution in [1.29, 1.82) is 0 Å². The van der Waals surface area contributed by atoms with Crippen molar-refractivity contribution in [3.05, 3.63) is 50.8 Å². The normalized spacial score (nSPS) is 10.5. The zero-order valence-corrected chi connectivity index (χ0v) is 8.01. The number of benzene rings is 1. The average molecular weight is 204 g/mol. The van der Waals surface area contributed by atoms with Crippen LogP contribution in [0, 0.1) is 10.1 Å². The van der Waals surface area contributed by atoms with Crippen LogP contribution in [0.4, 0.5) is 5.69 Å². The van der Waals surface area contributed by atoms with Gasteiger partial charge in [-0.25, -0.2) is 0 Å². The smallest absolute Gasteiger partial charge is 0.278 e. The summed E-state index contributed by atoms with van der Waals surface area (Å²) in [6, 6.07) is 7.49. The molecule has 1 heterocycles. The first-order valence-corrected chi connectivity index (χ1v) is 4.34. The first-order chi connectivity index (χ1) is 7.11. The van der Waals surface area contributed by atoms with E-state index in [-0.39, 0.29) is 11.2 Å². The Morgan fingerprint density at radius 2 is 2.00 bits per heavy atom. The minimum Gasteiger partial charge on any atom is -0.311 e. The van der Waals surface area contributed by atoms with Gasteiger partial charge in [0.25, 0.3) is 11.2 Å². The van der Waals surface area contributed by atoms with Gasteiger partial charge >= 0.3 is 0 Å². The number of nitro groups is 1. The average Bonchev–Trinajstić information content (AvgIpc) is 2.23. The number of non-ortho nitro benzene ring substituents is 1. The van der Waals surface area contributed by atoms with Gasteiger partial charge in [0.1, 0.15) is 0 Å². The molecule has 2 aromatic rings. The highest BCUT2D eigenvalue weighted by atomic mass is 16.6. The first-order valence-electron chi connectivity index (χ1n) is 4.34. The van der Waals surface area contributed by atoms with E-state index in [1.54, 1.807) is 19.2 Å². The molecule has 76 valence electrons. The molecule has 0 aliphatic heterocycles. The molecule has 0 saturated heterocycles. The fraction of sp³-hybridized carbons (Fsp3) is 0.100. The molecule has 0 aliphatic rings. The lowest BCUT2D eigenvalue weighted by Crippen LogP contribution is -2.15. The molecule has 0 spiro atoms. The van der Waals surface area contributed by atoms with Gasteiger partial charge in [-0.05, 0) is 12.1 Å². The van der Waals surface area contributed by atoms with Gasteiger partial charge in [0.2, 0.25) is 0 Å². The Kier molecular flexibility index (Phi) is 2.00. The molecule has 0 atom stereocenters. The van der Waals surface area contributed by atoms with Crippen LogP contribution < -0.4 is 5.56 Å². The van der Waals surface area contributed by atoms with Crippen molar-refractivity contribution >= 4 is 16.6 Å². The topological polar surface area (TPSA) is 65.1 Å². The molecule has 0 aliphatic carbocycles. The standard InChI is InChI=1S/C10H8N2O3/c1-11-8-3-2-4-9(12(14)15)7(8)5-6-10(11)13/h2-6H,1H3. The lowest BCUT2D eigenvalue weighted by atomic mass is 10.2. The monoisotopic (exact) mass is 204 g/mol. The lowest BCUT2D eigenvalue weighted by molar-refractivity contribution is -0.383. The van der Waals surface area contributed by atoms with E-state index in [1.807, 2.05) is 0 Å². The molecule has 0 radical (unpaired) electrons. The number of pyridine rings is 1. The maximum Gasteiger partial charge on any atom is 0.278 e. The zero-order chi connectivity index (χ0) is 11.0. The Balaban J connectivity index is 2.96. The fourth-order valence-corrected chi connectivity index (χ4v) is 1.55. The number of nitrogens with zero attached hydrogens (tertiary/aromatic N) is 2. The highest BCUT2D eigenvalue weighted by Gasteiger charge is 2.12. The van der Waals surface area contributed by atoms with Crippen LogP contribution >= 0.6 is 0 Å². The van der Waals surface area contributed by atoms with Gasteiger partial charge in [-0.1, -0.05) is 6.07 Å². The van der Waals surface area contributed by atoms with Crippen LogP contribution in [0.3, 0.4) is 0 Å². The van der Waals surface area contributed by atoms with E-state index in [1.165, 1.54) is 22.8 Å². The number of fused-ring (bicyclic) bond motifs is 1. The lowest BCUT2D eigenvalue weighted by Gasteiger charge is -2.03. The van der Waals surface area contributed by atoms with Gasteiger partial charge in [-0.3, -0.25) is 14.9 Å². The Morgan fingerprint density at radius 1 is 1.27 bits per heavy atom. The molecule has 1 aromatic carbocycles. The van der Waals surface area contributed by atoms with Gasteiger partial charge in [-0.2, -0.15) is 0 Å². The molecule has 1 aromatic heterocycles. The summed E-state index contributed by atoms with van der Waals surface area (Å²) in [5.41, 5.74) is 0.405. The van der Waals surface area contributed by atoms with E-state index in [0.717, 1.165) is 0 Å².